The van der Waals surface area contributed by atoms with Gasteiger partial charge in [-0.15, -0.1) is 0 Å². The van der Waals surface area contributed by atoms with Crippen molar-refractivity contribution in [1.82, 2.24) is 4.90 Å². The zero-order valence-electron chi connectivity index (χ0n) is 19.6. The van der Waals surface area contributed by atoms with Crippen LogP contribution in [-0.4, -0.2) is 18.9 Å². The number of hydrogen-bond acceptors (Lipinski definition) is 2. The maximum Gasteiger partial charge on any atom is 0.223 e. The van der Waals surface area contributed by atoms with Crippen molar-refractivity contribution in [3.8, 4) is 0 Å². The van der Waals surface area contributed by atoms with Gasteiger partial charge in [0.05, 0.1) is 0 Å². The van der Waals surface area contributed by atoms with Crippen LogP contribution in [-0.2, 0) is 11.0 Å². The van der Waals surface area contributed by atoms with E-state index < -0.39 is 8.32 Å². The Morgan fingerprint density at radius 3 is 1.76 bits per heavy atom. The standard InChI is InChI=1S/C26H39NOSi/c1-20(2)24-27(19-21-15-11-9-12-16-21)23(22-17-13-10-14-18-22)28-29(24,25(3,4)5)26(6,7)8/h9-18,20,23-24H,19H2,1-8H3/t23-,24+/m0/s1. The van der Waals surface area contributed by atoms with Crippen LogP contribution in [0, 0.1) is 5.92 Å². The molecule has 3 rings (SSSR count). The Labute approximate surface area is 179 Å². The molecule has 1 saturated heterocycles. The van der Waals surface area contributed by atoms with E-state index in [2.05, 4.69) is 121 Å². The maximum atomic E-state index is 7.39. The van der Waals surface area contributed by atoms with Crippen molar-refractivity contribution in [1.29, 1.82) is 0 Å². The van der Waals surface area contributed by atoms with Crippen LogP contribution in [0.1, 0.15) is 72.7 Å². The van der Waals surface area contributed by atoms with Gasteiger partial charge < -0.3 is 4.43 Å². The van der Waals surface area contributed by atoms with Crippen LogP contribution in [0.25, 0.3) is 0 Å². The molecule has 158 valence electrons. The minimum Gasteiger partial charge on any atom is -0.395 e. The van der Waals surface area contributed by atoms with Gasteiger partial charge in [-0.3, -0.25) is 4.90 Å². The van der Waals surface area contributed by atoms with Gasteiger partial charge >= 0.3 is 0 Å². The van der Waals surface area contributed by atoms with Gasteiger partial charge in [0.2, 0.25) is 8.32 Å². The third-order valence-electron chi connectivity index (χ3n) is 6.53. The number of rotatable bonds is 4. The first-order valence-electron chi connectivity index (χ1n) is 11.0. The van der Waals surface area contributed by atoms with Gasteiger partial charge in [0, 0.05) is 12.2 Å². The molecule has 2 atom stereocenters. The highest BCUT2D eigenvalue weighted by Gasteiger charge is 2.67. The first-order chi connectivity index (χ1) is 13.5. The lowest BCUT2D eigenvalue weighted by Gasteiger charge is -2.52. The molecule has 0 amide bonds. The summed E-state index contributed by atoms with van der Waals surface area (Å²) < 4.78 is 7.39. The first-order valence-corrected chi connectivity index (χ1v) is 13.0. The van der Waals surface area contributed by atoms with Gasteiger partial charge in [0.15, 0.2) is 0 Å². The summed E-state index contributed by atoms with van der Waals surface area (Å²) in [5.74, 6) is 0.526. The van der Waals surface area contributed by atoms with Gasteiger partial charge in [-0.25, -0.2) is 0 Å². The molecule has 1 fully saturated rings. The molecule has 29 heavy (non-hydrogen) atoms. The molecular formula is C26H39NOSi. The van der Waals surface area contributed by atoms with E-state index in [0.717, 1.165) is 6.54 Å². The zero-order chi connectivity index (χ0) is 21.4. The Balaban J connectivity index is 2.19. The lowest BCUT2D eigenvalue weighted by molar-refractivity contribution is 0.0437. The van der Waals surface area contributed by atoms with E-state index in [0.29, 0.717) is 11.6 Å². The highest BCUT2D eigenvalue weighted by molar-refractivity contribution is 6.81. The largest absolute Gasteiger partial charge is 0.395 e. The van der Waals surface area contributed by atoms with Crippen molar-refractivity contribution in [2.75, 3.05) is 0 Å². The van der Waals surface area contributed by atoms with E-state index in [1.807, 2.05) is 0 Å². The predicted octanol–water partition coefficient (Wildman–Crippen LogP) is 7.33. The van der Waals surface area contributed by atoms with E-state index in [-0.39, 0.29) is 16.3 Å². The zero-order valence-corrected chi connectivity index (χ0v) is 20.6. The fourth-order valence-electron chi connectivity index (χ4n) is 5.76. The van der Waals surface area contributed by atoms with Crippen LogP contribution >= 0.6 is 0 Å². The summed E-state index contributed by atoms with van der Waals surface area (Å²) in [5, 5.41) is 0.247. The van der Waals surface area contributed by atoms with Crippen molar-refractivity contribution in [3.63, 3.8) is 0 Å². The molecule has 0 spiro atoms. The highest BCUT2D eigenvalue weighted by atomic mass is 28.4. The second-order valence-corrected chi connectivity index (χ2v) is 16.3. The molecule has 0 unspecified atom stereocenters. The molecule has 1 aliphatic heterocycles. The molecule has 0 aliphatic carbocycles. The van der Waals surface area contributed by atoms with Gasteiger partial charge in [0.1, 0.15) is 6.23 Å². The van der Waals surface area contributed by atoms with Crippen LogP contribution in [0.4, 0.5) is 0 Å². The summed E-state index contributed by atoms with van der Waals surface area (Å²) in [6.45, 7) is 20.2. The molecular weight excluding hydrogens is 370 g/mol. The van der Waals surface area contributed by atoms with Gasteiger partial charge in [-0.2, -0.15) is 0 Å². The minimum absolute atomic E-state index is 0.00826. The van der Waals surface area contributed by atoms with E-state index >= 15 is 0 Å². The molecule has 0 saturated carbocycles. The second kappa shape index (κ2) is 8.01. The Morgan fingerprint density at radius 1 is 0.828 bits per heavy atom. The fraction of sp³-hybridized carbons (Fsp3) is 0.538. The lowest BCUT2D eigenvalue weighted by Crippen LogP contribution is -2.63. The van der Waals surface area contributed by atoms with E-state index in [9.17, 15) is 0 Å². The molecule has 0 bridgehead atoms. The van der Waals surface area contributed by atoms with Crippen molar-refractivity contribution < 1.29 is 4.43 Å². The summed E-state index contributed by atoms with van der Waals surface area (Å²) in [6.07, 6.45) is 0.00826. The molecule has 2 nitrogen and oxygen atoms in total. The van der Waals surface area contributed by atoms with Gasteiger partial charge in [0.25, 0.3) is 0 Å². The van der Waals surface area contributed by atoms with Crippen molar-refractivity contribution in [2.45, 2.75) is 83.9 Å². The summed E-state index contributed by atoms with van der Waals surface area (Å²) in [4.78, 5) is 2.68. The topological polar surface area (TPSA) is 12.5 Å². The third kappa shape index (κ3) is 3.97. The molecule has 1 heterocycles. The molecule has 3 heteroatoms. The second-order valence-electron chi connectivity index (χ2n) is 11.0. The predicted molar refractivity (Wildman–Crippen MR) is 126 cm³/mol. The molecule has 0 N–H and O–H groups in total. The number of hydrogen-bond donors (Lipinski definition) is 0. The summed E-state index contributed by atoms with van der Waals surface area (Å²) in [5.41, 5.74) is 3.07. The number of nitrogens with zero attached hydrogens (tertiary/aromatic N) is 1. The summed E-state index contributed by atoms with van der Waals surface area (Å²) in [7, 11) is -2.26. The average Bonchev–Trinajstić information content (AvgIpc) is 2.99. The van der Waals surface area contributed by atoms with E-state index in [4.69, 9.17) is 4.43 Å². The molecule has 2 aromatic carbocycles. The van der Waals surface area contributed by atoms with Gasteiger partial charge in [-0.05, 0) is 27.1 Å². The Kier molecular flexibility index (Phi) is 6.15. The first kappa shape index (κ1) is 22.3. The van der Waals surface area contributed by atoms with E-state index in [1.165, 1.54) is 11.1 Å². The van der Waals surface area contributed by atoms with Crippen molar-refractivity contribution >= 4 is 8.32 Å². The van der Waals surface area contributed by atoms with Crippen molar-refractivity contribution in [2.24, 2.45) is 5.92 Å². The molecule has 2 aromatic rings. The monoisotopic (exact) mass is 409 g/mol. The normalized spacial score (nSPS) is 22.9. The van der Waals surface area contributed by atoms with E-state index in [1.54, 1.807) is 0 Å². The molecule has 0 aromatic heterocycles. The molecule has 0 radical (unpaired) electrons. The summed E-state index contributed by atoms with van der Waals surface area (Å²) >= 11 is 0. The number of benzene rings is 2. The quantitative estimate of drug-likeness (QED) is 0.490. The smallest absolute Gasteiger partial charge is 0.223 e. The maximum absolute atomic E-state index is 7.39. The van der Waals surface area contributed by atoms with Crippen LogP contribution in [0.3, 0.4) is 0 Å². The van der Waals surface area contributed by atoms with Crippen LogP contribution in [0.2, 0.25) is 10.1 Å². The summed E-state index contributed by atoms with van der Waals surface area (Å²) in [6, 6.07) is 21.7. The van der Waals surface area contributed by atoms with Crippen molar-refractivity contribution in [3.05, 3.63) is 71.8 Å². The Morgan fingerprint density at radius 2 is 1.31 bits per heavy atom. The van der Waals surface area contributed by atoms with Crippen LogP contribution in [0.5, 0.6) is 0 Å². The SMILES string of the molecule is CC(C)[C@@H]1N(Cc2ccccc2)[C@H](c2ccccc2)O[Si]1(C(C)(C)C)C(C)(C)C. The van der Waals surface area contributed by atoms with Crippen LogP contribution in [0.15, 0.2) is 60.7 Å². The highest BCUT2D eigenvalue weighted by Crippen LogP contribution is 2.61. The van der Waals surface area contributed by atoms with Crippen LogP contribution < -0.4 is 0 Å². The van der Waals surface area contributed by atoms with Gasteiger partial charge in [-0.1, -0.05) is 116 Å². The fourth-order valence-corrected chi connectivity index (χ4v) is 12.9. The Hall–Kier alpha value is -1.42. The Bertz CT molecular complexity index is 775. The lowest BCUT2D eigenvalue weighted by atomic mass is 10.1. The average molecular weight is 410 g/mol. The molecule has 1 aliphatic rings. The third-order valence-corrected chi connectivity index (χ3v) is 13.4. The minimum atomic E-state index is -2.26.